The number of halogens is 1. The highest BCUT2D eigenvalue weighted by atomic mass is 79.9. The van der Waals surface area contributed by atoms with Gasteiger partial charge in [0, 0.05) is 10.0 Å². The number of H-pyrrole nitrogens is 1. The highest BCUT2D eigenvalue weighted by Gasteiger charge is 2.17. The van der Waals surface area contributed by atoms with Crippen LogP contribution in [-0.2, 0) is 4.74 Å². The fourth-order valence-electron chi connectivity index (χ4n) is 2.29. The molecule has 0 aliphatic heterocycles. The fourth-order valence-corrected chi connectivity index (χ4v) is 2.65. The van der Waals surface area contributed by atoms with E-state index in [0.29, 0.717) is 15.9 Å². The zero-order valence-electron chi connectivity index (χ0n) is 13.2. The topological polar surface area (TPSA) is 84.1 Å². The van der Waals surface area contributed by atoms with E-state index in [-0.39, 0.29) is 11.3 Å². The summed E-state index contributed by atoms with van der Waals surface area (Å²) in [4.78, 5) is 24.3. The number of nitrogens with one attached hydrogen (secondary N) is 2. The largest absolute Gasteiger partial charge is 0.465 e. The number of anilines is 1. The van der Waals surface area contributed by atoms with Crippen molar-refractivity contribution in [3.63, 3.8) is 0 Å². The van der Waals surface area contributed by atoms with Gasteiger partial charge in [-0.3, -0.25) is 9.89 Å². The van der Waals surface area contributed by atoms with Crippen molar-refractivity contribution in [2.45, 2.75) is 0 Å². The Balaban J connectivity index is 1.84. The lowest BCUT2D eigenvalue weighted by molar-refractivity contribution is 0.0602. The Bertz CT molecular complexity index is 922. The standard InChI is InChI=1S/C18H14BrN3O3/c1-25-18(24)13-9-12(19)7-8-14(13)20-17(23)16-10-15(21-22-16)11-5-3-2-4-6-11/h2-10H,1H3,(H,20,23)(H,21,22). The third-order valence-corrected chi connectivity index (χ3v) is 4.02. The number of aromatic nitrogens is 2. The molecule has 0 saturated heterocycles. The molecular formula is C18H14BrN3O3. The molecule has 25 heavy (non-hydrogen) atoms. The molecule has 3 rings (SSSR count). The maximum absolute atomic E-state index is 12.5. The van der Waals surface area contributed by atoms with Crippen molar-refractivity contribution in [1.82, 2.24) is 10.2 Å². The van der Waals surface area contributed by atoms with E-state index in [1.54, 1.807) is 24.3 Å². The summed E-state index contributed by atoms with van der Waals surface area (Å²) in [6.45, 7) is 0. The molecule has 0 radical (unpaired) electrons. The quantitative estimate of drug-likeness (QED) is 0.651. The Morgan fingerprint density at radius 3 is 2.60 bits per heavy atom. The molecule has 0 aliphatic carbocycles. The van der Waals surface area contributed by atoms with Gasteiger partial charge >= 0.3 is 5.97 Å². The zero-order valence-corrected chi connectivity index (χ0v) is 14.8. The van der Waals surface area contributed by atoms with Gasteiger partial charge in [-0.05, 0) is 24.3 Å². The van der Waals surface area contributed by atoms with Crippen molar-refractivity contribution >= 4 is 33.5 Å². The van der Waals surface area contributed by atoms with E-state index >= 15 is 0 Å². The van der Waals surface area contributed by atoms with Gasteiger partial charge in [-0.2, -0.15) is 5.10 Å². The molecule has 3 aromatic rings. The number of amides is 1. The first kappa shape index (κ1) is 16.9. The smallest absolute Gasteiger partial charge is 0.340 e. The van der Waals surface area contributed by atoms with Crippen LogP contribution in [0.3, 0.4) is 0 Å². The highest BCUT2D eigenvalue weighted by molar-refractivity contribution is 9.10. The summed E-state index contributed by atoms with van der Waals surface area (Å²) in [5.41, 5.74) is 2.47. The van der Waals surface area contributed by atoms with Crippen LogP contribution in [0, 0.1) is 0 Å². The summed E-state index contributed by atoms with van der Waals surface area (Å²) >= 11 is 3.30. The van der Waals surface area contributed by atoms with Gasteiger partial charge in [0.05, 0.1) is 24.1 Å². The number of esters is 1. The molecule has 0 unspecified atom stereocenters. The Kier molecular flexibility index (Phi) is 4.95. The molecule has 2 aromatic carbocycles. The van der Waals surface area contributed by atoms with Gasteiger partial charge in [0.2, 0.25) is 0 Å². The Labute approximate surface area is 152 Å². The summed E-state index contributed by atoms with van der Waals surface area (Å²) in [5, 5.41) is 9.57. The van der Waals surface area contributed by atoms with Gasteiger partial charge in [-0.25, -0.2) is 4.79 Å². The Hall–Kier alpha value is -2.93. The number of methoxy groups -OCH3 is 1. The molecule has 0 aliphatic rings. The molecule has 1 amide bonds. The molecule has 0 bridgehead atoms. The minimum atomic E-state index is -0.536. The van der Waals surface area contributed by atoms with Crippen molar-refractivity contribution in [2.75, 3.05) is 12.4 Å². The number of carbonyl (C=O) groups excluding carboxylic acids is 2. The number of carbonyl (C=O) groups is 2. The molecule has 126 valence electrons. The molecular weight excluding hydrogens is 386 g/mol. The number of ether oxygens (including phenoxy) is 1. The van der Waals surface area contributed by atoms with E-state index in [0.717, 1.165) is 5.56 Å². The molecule has 6 nitrogen and oxygen atoms in total. The predicted molar refractivity (Wildman–Crippen MR) is 97.5 cm³/mol. The number of aromatic amines is 1. The summed E-state index contributed by atoms with van der Waals surface area (Å²) < 4.78 is 5.46. The zero-order chi connectivity index (χ0) is 17.8. The molecule has 0 spiro atoms. The lowest BCUT2D eigenvalue weighted by Crippen LogP contribution is -2.15. The van der Waals surface area contributed by atoms with Crippen LogP contribution in [-0.4, -0.2) is 29.2 Å². The molecule has 2 N–H and O–H groups in total. The van der Waals surface area contributed by atoms with Crippen molar-refractivity contribution in [2.24, 2.45) is 0 Å². The van der Waals surface area contributed by atoms with E-state index in [4.69, 9.17) is 4.74 Å². The van der Waals surface area contributed by atoms with Gasteiger partial charge in [0.1, 0.15) is 5.69 Å². The molecule has 7 heteroatoms. The number of benzene rings is 2. The first-order valence-corrected chi connectivity index (χ1v) is 8.18. The minimum Gasteiger partial charge on any atom is -0.465 e. The summed E-state index contributed by atoms with van der Waals surface area (Å²) in [5.74, 6) is -0.937. The van der Waals surface area contributed by atoms with Crippen LogP contribution < -0.4 is 5.32 Å². The van der Waals surface area contributed by atoms with Crippen LogP contribution in [0.1, 0.15) is 20.8 Å². The van der Waals surface area contributed by atoms with E-state index in [1.165, 1.54) is 7.11 Å². The highest BCUT2D eigenvalue weighted by Crippen LogP contribution is 2.23. The van der Waals surface area contributed by atoms with E-state index in [1.807, 2.05) is 30.3 Å². The lowest BCUT2D eigenvalue weighted by atomic mass is 10.1. The second kappa shape index (κ2) is 7.31. The van der Waals surface area contributed by atoms with Crippen LogP contribution in [0.25, 0.3) is 11.3 Å². The first-order chi connectivity index (χ1) is 12.1. The second-order valence-corrected chi connectivity index (χ2v) is 6.08. The van der Waals surface area contributed by atoms with Crippen LogP contribution in [0.15, 0.2) is 59.1 Å². The third-order valence-electron chi connectivity index (χ3n) is 3.53. The van der Waals surface area contributed by atoms with E-state index in [9.17, 15) is 9.59 Å². The van der Waals surface area contributed by atoms with E-state index < -0.39 is 11.9 Å². The predicted octanol–water partition coefficient (Wildman–Crippen LogP) is 3.88. The maximum Gasteiger partial charge on any atom is 0.340 e. The number of hydrogen-bond acceptors (Lipinski definition) is 4. The van der Waals surface area contributed by atoms with Gasteiger partial charge < -0.3 is 10.1 Å². The molecule has 0 fully saturated rings. The Morgan fingerprint density at radius 1 is 1.12 bits per heavy atom. The SMILES string of the molecule is COC(=O)c1cc(Br)ccc1NC(=O)c1cc(-c2ccccc2)n[nH]1. The average molecular weight is 400 g/mol. The monoisotopic (exact) mass is 399 g/mol. The van der Waals surface area contributed by atoms with Crippen molar-refractivity contribution in [1.29, 1.82) is 0 Å². The first-order valence-electron chi connectivity index (χ1n) is 7.38. The summed E-state index contributed by atoms with van der Waals surface area (Å²) in [6.07, 6.45) is 0. The third kappa shape index (κ3) is 3.77. The van der Waals surface area contributed by atoms with Crippen LogP contribution >= 0.6 is 15.9 Å². The van der Waals surface area contributed by atoms with E-state index in [2.05, 4.69) is 31.4 Å². The number of hydrogen-bond donors (Lipinski definition) is 2. The summed E-state index contributed by atoms with van der Waals surface area (Å²) in [6, 6.07) is 16.1. The lowest BCUT2D eigenvalue weighted by Gasteiger charge is -2.09. The average Bonchev–Trinajstić information content (AvgIpc) is 3.13. The molecule has 0 atom stereocenters. The normalized spacial score (nSPS) is 10.3. The van der Waals surface area contributed by atoms with Crippen molar-refractivity contribution in [3.8, 4) is 11.3 Å². The number of nitrogens with zero attached hydrogens (tertiary/aromatic N) is 1. The second-order valence-electron chi connectivity index (χ2n) is 5.17. The maximum atomic E-state index is 12.5. The molecule has 1 aromatic heterocycles. The minimum absolute atomic E-state index is 0.257. The van der Waals surface area contributed by atoms with Crippen LogP contribution in [0.4, 0.5) is 5.69 Å². The van der Waals surface area contributed by atoms with Gasteiger partial charge in [0.15, 0.2) is 0 Å². The van der Waals surface area contributed by atoms with Gasteiger partial charge in [-0.1, -0.05) is 46.3 Å². The summed E-state index contributed by atoms with van der Waals surface area (Å²) in [7, 11) is 1.29. The Morgan fingerprint density at radius 2 is 1.88 bits per heavy atom. The number of rotatable bonds is 4. The molecule has 0 saturated carbocycles. The van der Waals surface area contributed by atoms with Crippen molar-refractivity contribution < 1.29 is 14.3 Å². The van der Waals surface area contributed by atoms with Crippen molar-refractivity contribution in [3.05, 3.63) is 70.3 Å². The van der Waals surface area contributed by atoms with Gasteiger partial charge in [-0.15, -0.1) is 0 Å². The molecule has 1 heterocycles. The van der Waals surface area contributed by atoms with Crippen LogP contribution in [0.2, 0.25) is 0 Å². The fraction of sp³-hybridized carbons (Fsp3) is 0.0556. The van der Waals surface area contributed by atoms with Crippen LogP contribution in [0.5, 0.6) is 0 Å². The van der Waals surface area contributed by atoms with Gasteiger partial charge in [0.25, 0.3) is 5.91 Å².